The first-order valence-electron chi connectivity index (χ1n) is 6.56. The molecule has 128 valence electrons. The number of carbonyl (C=O) groups is 1. The summed E-state index contributed by atoms with van der Waals surface area (Å²) in [5.74, 6) is -0.715. The zero-order valence-corrected chi connectivity index (χ0v) is 16.3. The highest BCUT2D eigenvalue weighted by Gasteiger charge is 2.30. The van der Waals surface area contributed by atoms with Crippen molar-refractivity contribution < 1.29 is 17.9 Å². The van der Waals surface area contributed by atoms with Crippen molar-refractivity contribution in [2.75, 3.05) is 18.0 Å². The molecular weight excluding hydrogens is 441 g/mol. The van der Waals surface area contributed by atoms with Crippen LogP contribution in [0.15, 0.2) is 51.8 Å². The highest BCUT2D eigenvalue weighted by Crippen LogP contribution is 2.34. The molecule has 2 rings (SSSR count). The Kier molecular flexibility index (Phi) is 6.14. The summed E-state index contributed by atoms with van der Waals surface area (Å²) in [5.41, 5.74) is 0.277. The summed E-state index contributed by atoms with van der Waals surface area (Å²) in [4.78, 5) is 11.5. The van der Waals surface area contributed by atoms with E-state index in [9.17, 15) is 13.2 Å². The molecule has 0 aliphatic heterocycles. The number of hydrogen-bond donors (Lipinski definition) is 0. The second kappa shape index (κ2) is 7.74. The number of carbonyl (C=O) groups excluding carboxylic acids is 1. The number of para-hydroxylation sites is 1. The summed E-state index contributed by atoms with van der Waals surface area (Å²) >= 11 is 15.2. The first kappa shape index (κ1) is 19.1. The molecule has 0 atom stereocenters. The summed E-state index contributed by atoms with van der Waals surface area (Å²) in [6.45, 7) is -0.510. The molecule has 2 aromatic rings. The molecule has 0 N–H and O–H groups in total. The lowest BCUT2D eigenvalue weighted by atomic mass is 10.3. The van der Waals surface area contributed by atoms with E-state index in [0.717, 1.165) is 4.31 Å². The van der Waals surface area contributed by atoms with Crippen molar-refractivity contribution >= 4 is 60.8 Å². The summed E-state index contributed by atoms with van der Waals surface area (Å²) < 4.78 is 32.1. The lowest BCUT2D eigenvalue weighted by Crippen LogP contribution is -2.36. The zero-order valence-electron chi connectivity index (χ0n) is 12.4. The SMILES string of the molecule is COC(=O)CN(c1ccccc1Br)S(=O)(=O)c1cc(Cl)ccc1Cl. The van der Waals surface area contributed by atoms with Gasteiger partial charge in [-0.15, -0.1) is 0 Å². The third-order valence-electron chi connectivity index (χ3n) is 3.08. The maximum absolute atomic E-state index is 13.1. The molecule has 0 aromatic heterocycles. The Morgan fingerprint density at radius 2 is 1.88 bits per heavy atom. The second-order valence-corrected chi connectivity index (χ2v) is 8.14. The molecule has 0 fully saturated rings. The second-order valence-electron chi connectivity index (χ2n) is 4.61. The maximum Gasteiger partial charge on any atom is 0.326 e. The number of anilines is 1. The fourth-order valence-corrected chi connectivity index (χ4v) is 4.71. The van der Waals surface area contributed by atoms with E-state index >= 15 is 0 Å². The monoisotopic (exact) mass is 451 g/mol. The molecular formula is C15H12BrCl2NO4S. The number of rotatable bonds is 5. The van der Waals surface area contributed by atoms with Crippen molar-refractivity contribution in [2.45, 2.75) is 4.90 Å². The first-order valence-corrected chi connectivity index (χ1v) is 9.55. The van der Waals surface area contributed by atoms with Crippen molar-refractivity contribution in [3.8, 4) is 0 Å². The molecule has 0 spiro atoms. The Hall–Kier alpha value is -1.28. The van der Waals surface area contributed by atoms with Gasteiger partial charge in [0.15, 0.2) is 0 Å². The minimum absolute atomic E-state index is 0.00122. The van der Waals surface area contributed by atoms with Gasteiger partial charge in [0, 0.05) is 9.50 Å². The predicted molar refractivity (Wildman–Crippen MR) is 97.2 cm³/mol. The third kappa shape index (κ3) is 4.03. The predicted octanol–water partition coefficient (Wildman–Crippen LogP) is 4.12. The topological polar surface area (TPSA) is 63.7 Å². The van der Waals surface area contributed by atoms with Crippen LogP contribution in [-0.2, 0) is 19.6 Å². The van der Waals surface area contributed by atoms with Crippen LogP contribution in [0, 0.1) is 0 Å². The van der Waals surface area contributed by atoms with E-state index in [4.69, 9.17) is 23.2 Å². The van der Waals surface area contributed by atoms with Gasteiger partial charge in [0.05, 0.1) is 17.8 Å². The Labute approximate surface area is 158 Å². The molecule has 0 bridgehead atoms. The molecule has 0 aliphatic carbocycles. The molecule has 0 unspecified atom stereocenters. The van der Waals surface area contributed by atoms with Crippen LogP contribution in [-0.4, -0.2) is 28.0 Å². The quantitative estimate of drug-likeness (QED) is 0.640. The van der Waals surface area contributed by atoms with E-state index < -0.39 is 22.5 Å². The minimum atomic E-state index is -4.15. The molecule has 0 saturated carbocycles. The molecule has 5 nitrogen and oxygen atoms in total. The van der Waals surface area contributed by atoms with Gasteiger partial charge in [-0.1, -0.05) is 35.3 Å². The number of methoxy groups -OCH3 is 1. The van der Waals surface area contributed by atoms with Crippen LogP contribution in [0.2, 0.25) is 10.0 Å². The maximum atomic E-state index is 13.1. The van der Waals surface area contributed by atoms with E-state index in [1.807, 2.05) is 0 Å². The van der Waals surface area contributed by atoms with Crippen LogP contribution >= 0.6 is 39.1 Å². The summed E-state index contributed by atoms with van der Waals surface area (Å²) in [5, 5.41) is 0.212. The number of sulfonamides is 1. The highest BCUT2D eigenvalue weighted by molar-refractivity contribution is 9.10. The van der Waals surface area contributed by atoms with E-state index in [0.29, 0.717) is 4.47 Å². The van der Waals surface area contributed by atoms with Gasteiger partial charge < -0.3 is 4.74 Å². The lowest BCUT2D eigenvalue weighted by molar-refractivity contribution is -0.138. The van der Waals surface area contributed by atoms with Crippen molar-refractivity contribution in [2.24, 2.45) is 0 Å². The molecule has 24 heavy (non-hydrogen) atoms. The van der Waals surface area contributed by atoms with Crippen molar-refractivity contribution in [3.63, 3.8) is 0 Å². The standard InChI is InChI=1S/C15H12BrCl2NO4S/c1-23-15(20)9-19(13-5-3-2-4-11(13)16)24(21,22)14-8-10(17)6-7-12(14)18/h2-8H,9H2,1H3. The van der Waals surface area contributed by atoms with Gasteiger partial charge in [-0.25, -0.2) is 8.42 Å². The van der Waals surface area contributed by atoms with Crippen molar-refractivity contribution in [3.05, 3.63) is 57.0 Å². The minimum Gasteiger partial charge on any atom is -0.468 e. The largest absolute Gasteiger partial charge is 0.468 e. The third-order valence-corrected chi connectivity index (χ3v) is 6.23. The first-order chi connectivity index (χ1) is 11.3. The normalized spacial score (nSPS) is 11.2. The van der Waals surface area contributed by atoms with Crippen LogP contribution in [0.4, 0.5) is 5.69 Å². The van der Waals surface area contributed by atoms with Crippen molar-refractivity contribution in [1.82, 2.24) is 0 Å². The average molecular weight is 453 g/mol. The Balaban J connectivity index is 2.64. The lowest BCUT2D eigenvalue weighted by Gasteiger charge is -2.25. The number of hydrogen-bond acceptors (Lipinski definition) is 4. The average Bonchev–Trinajstić information content (AvgIpc) is 2.55. The van der Waals surface area contributed by atoms with Gasteiger partial charge >= 0.3 is 5.97 Å². The number of nitrogens with zero attached hydrogens (tertiary/aromatic N) is 1. The molecule has 0 radical (unpaired) electrons. The smallest absolute Gasteiger partial charge is 0.326 e. The molecule has 0 aliphatic rings. The number of ether oxygens (including phenoxy) is 1. The van der Waals surface area contributed by atoms with E-state index in [2.05, 4.69) is 20.7 Å². The van der Waals surface area contributed by atoms with Crippen LogP contribution in [0.1, 0.15) is 0 Å². The molecule has 0 amide bonds. The summed E-state index contributed by atoms with van der Waals surface area (Å²) in [7, 11) is -2.97. The van der Waals surface area contributed by atoms with Gasteiger partial charge in [0.1, 0.15) is 11.4 Å². The molecule has 9 heteroatoms. The summed E-state index contributed by atoms with van der Waals surface area (Å²) in [6.07, 6.45) is 0. The Morgan fingerprint density at radius 3 is 2.50 bits per heavy atom. The number of esters is 1. The van der Waals surface area contributed by atoms with Gasteiger partial charge in [0.25, 0.3) is 10.0 Å². The van der Waals surface area contributed by atoms with Gasteiger partial charge in [-0.2, -0.15) is 0 Å². The number of halogens is 3. The van der Waals surface area contributed by atoms with Gasteiger partial charge in [0.2, 0.25) is 0 Å². The molecule has 2 aromatic carbocycles. The number of benzene rings is 2. The van der Waals surface area contributed by atoms with E-state index in [-0.39, 0.29) is 20.6 Å². The highest BCUT2D eigenvalue weighted by atomic mass is 79.9. The zero-order chi connectivity index (χ0) is 17.9. The van der Waals surface area contributed by atoms with Crippen LogP contribution in [0.25, 0.3) is 0 Å². The van der Waals surface area contributed by atoms with E-state index in [1.165, 1.54) is 25.3 Å². The fourth-order valence-electron chi connectivity index (χ4n) is 1.93. The Bertz CT molecular complexity index is 874. The van der Waals surface area contributed by atoms with Gasteiger partial charge in [-0.3, -0.25) is 9.10 Å². The summed E-state index contributed by atoms with van der Waals surface area (Å²) in [6, 6.07) is 10.7. The fraction of sp³-hybridized carbons (Fsp3) is 0.133. The van der Waals surface area contributed by atoms with Crippen LogP contribution in [0.3, 0.4) is 0 Å². The molecule has 0 heterocycles. The van der Waals surface area contributed by atoms with E-state index in [1.54, 1.807) is 24.3 Å². The van der Waals surface area contributed by atoms with Crippen LogP contribution < -0.4 is 4.31 Å². The van der Waals surface area contributed by atoms with Gasteiger partial charge in [-0.05, 0) is 46.3 Å². The molecule has 0 saturated heterocycles. The Morgan fingerprint density at radius 1 is 1.21 bits per heavy atom. The van der Waals surface area contributed by atoms with Crippen molar-refractivity contribution in [1.29, 1.82) is 0 Å². The van der Waals surface area contributed by atoms with Crippen LogP contribution in [0.5, 0.6) is 0 Å².